The van der Waals surface area contributed by atoms with Crippen molar-refractivity contribution in [2.45, 2.75) is 6.92 Å². The Balaban J connectivity index is 1.66. The molecule has 6 heteroatoms. The lowest BCUT2D eigenvalue weighted by Gasteiger charge is -2.23. The number of hydrogen-bond acceptors (Lipinski definition) is 6. The lowest BCUT2D eigenvalue weighted by atomic mass is 10.1. The summed E-state index contributed by atoms with van der Waals surface area (Å²) in [5.74, 6) is 1.10. The first kappa shape index (κ1) is 16.3. The van der Waals surface area contributed by atoms with Gasteiger partial charge >= 0.3 is 5.97 Å². The Morgan fingerprint density at radius 3 is 2.67 bits per heavy atom. The van der Waals surface area contributed by atoms with Crippen LogP contribution in [-0.2, 0) is 9.47 Å². The van der Waals surface area contributed by atoms with Crippen LogP contribution in [0.1, 0.15) is 23.0 Å². The maximum absolute atomic E-state index is 11.7. The maximum Gasteiger partial charge on any atom is 0.338 e. The number of hydrazone groups is 1. The lowest BCUT2D eigenvalue weighted by molar-refractivity contribution is 0.0396. The third-order valence-corrected chi connectivity index (χ3v) is 3.64. The molecule has 0 unspecified atom stereocenters. The van der Waals surface area contributed by atoms with Crippen molar-refractivity contribution < 1.29 is 18.7 Å². The fourth-order valence-corrected chi connectivity index (χ4v) is 2.37. The Bertz CT molecular complexity index is 700. The molecule has 0 spiro atoms. The largest absolute Gasteiger partial charge is 0.462 e. The number of morpholine rings is 1. The Labute approximate surface area is 140 Å². The summed E-state index contributed by atoms with van der Waals surface area (Å²) in [5, 5.41) is 6.35. The van der Waals surface area contributed by atoms with Crippen LogP contribution in [0.4, 0.5) is 0 Å². The van der Waals surface area contributed by atoms with E-state index in [0.717, 1.165) is 24.4 Å². The number of furan rings is 1. The third-order valence-electron chi connectivity index (χ3n) is 3.64. The highest BCUT2D eigenvalue weighted by Gasteiger charge is 2.09. The number of carbonyl (C=O) groups is 1. The van der Waals surface area contributed by atoms with Gasteiger partial charge in [-0.2, -0.15) is 5.10 Å². The molecule has 0 N–H and O–H groups in total. The summed E-state index contributed by atoms with van der Waals surface area (Å²) in [7, 11) is 0. The Hall–Kier alpha value is -2.60. The highest BCUT2D eigenvalue weighted by atomic mass is 16.5. The van der Waals surface area contributed by atoms with Crippen LogP contribution in [0.15, 0.2) is 45.9 Å². The van der Waals surface area contributed by atoms with E-state index in [0.29, 0.717) is 31.1 Å². The molecule has 0 saturated carbocycles. The van der Waals surface area contributed by atoms with E-state index >= 15 is 0 Å². The van der Waals surface area contributed by atoms with Gasteiger partial charge in [0.2, 0.25) is 0 Å². The molecule has 1 aromatic heterocycles. The number of rotatable bonds is 5. The van der Waals surface area contributed by atoms with Gasteiger partial charge in [0, 0.05) is 5.56 Å². The van der Waals surface area contributed by atoms with Crippen molar-refractivity contribution in [1.29, 1.82) is 0 Å². The van der Waals surface area contributed by atoms with Crippen LogP contribution in [0.25, 0.3) is 11.3 Å². The molecular weight excluding hydrogens is 308 g/mol. The summed E-state index contributed by atoms with van der Waals surface area (Å²) >= 11 is 0. The van der Waals surface area contributed by atoms with E-state index in [2.05, 4.69) is 5.10 Å². The van der Waals surface area contributed by atoms with Gasteiger partial charge in [-0.25, -0.2) is 4.79 Å². The van der Waals surface area contributed by atoms with Crippen molar-refractivity contribution in [3.63, 3.8) is 0 Å². The second-order valence-electron chi connectivity index (χ2n) is 5.31. The van der Waals surface area contributed by atoms with Crippen molar-refractivity contribution >= 4 is 12.2 Å². The zero-order valence-corrected chi connectivity index (χ0v) is 13.6. The maximum atomic E-state index is 11.7. The van der Waals surface area contributed by atoms with Crippen LogP contribution in [0.5, 0.6) is 0 Å². The molecule has 0 aliphatic carbocycles. The first-order valence-corrected chi connectivity index (χ1v) is 8.00. The first-order valence-electron chi connectivity index (χ1n) is 8.00. The average Bonchev–Trinajstić information content (AvgIpc) is 3.10. The zero-order valence-electron chi connectivity index (χ0n) is 13.6. The number of esters is 1. The lowest BCUT2D eigenvalue weighted by Crippen LogP contribution is -2.32. The molecule has 1 fully saturated rings. The average molecular weight is 328 g/mol. The molecule has 1 saturated heterocycles. The smallest absolute Gasteiger partial charge is 0.338 e. The normalized spacial score (nSPS) is 15.0. The van der Waals surface area contributed by atoms with Gasteiger partial charge in [-0.1, -0.05) is 12.1 Å². The highest BCUT2D eigenvalue weighted by Crippen LogP contribution is 2.22. The monoisotopic (exact) mass is 328 g/mol. The van der Waals surface area contributed by atoms with Crippen LogP contribution >= 0.6 is 0 Å². The second-order valence-corrected chi connectivity index (χ2v) is 5.31. The van der Waals surface area contributed by atoms with Gasteiger partial charge in [-0.05, 0) is 31.2 Å². The first-order chi connectivity index (χ1) is 11.8. The van der Waals surface area contributed by atoms with E-state index in [-0.39, 0.29) is 5.97 Å². The van der Waals surface area contributed by atoms with Crippen LogP contribution in [0.3, 0.4) is 0 Å². The van der Waals surface area contributed by atoms with E-state index in [4.69, 9.17) is 13.9 Å². The molecule has 2 heterocycles. The van der Waals surface area contributed by atoms with Gasteiger partial charge in [-0.3, -0.25) is 5.01 Å². The Kier molecular flexibility index (Phi) is 5.28. The quantitative estimate of drug-likeness (QED) is 0.624. The van der Waals surface area contributed by atoms with Gasteiger partial charge in [0.25, 0.3) is 0 Å². The summed E-state index contributed by atoms with van der Waals surface area (Å²) in [6.07, 6.45) is 1.71. The van der Waals surface area contributed by atoms with Crippen LogP contribution in [0.2, 0.25) is 0 Å². The number of hydrogen-bond donors (Lipinski definition) is 0. The minimum atomic E-state index is -0.318. The number of benzene rings is 1. The summed E-state index contributed by atoms with van der Waals surface area (Å²) in [4.78, 5) is 11.7. The predicted octanol–water partition coefficient (Wildman–Crippen LogP) is 2.79. The molecule has 1 aliphatic heterocycles. The zero-order chi connectivity index (χ0) is 16.8. The molecule has 1 aromatic carbocycles. The van der Waals surface area contributed by atoms with Gasteiger partial charge in [0.1, 0.15) is 11.5 Å². The van der Waals surface area contributed by atoms with Crippen LogP contribution in [0, 0.1) is 0 Å². The molecule has 0 amide bonds. The third kappa shape index (κ3) is 4.02. The molecule has 1 aliphatic rings. The molecule has 0 radical (unpaired) electrons. The van der Waals surface area contributed by atoms with Gasteiger partial charge in [-0.15, -0.1) is 0 Å². The number of carbonyl (C=O) groups excluding carboxylic acids is 1. The molecule has 24 heavy (non-hydrogen) atoms. The van der Waals surface area contributed by atoms with Crippen molar-refractivity contribution in [3.05, 3.63) is 47.7 Å². The van der Waals surface area contributed by atoms with Crippen molar-refractivity contribution in [2.75, 3.05) is 32.9 Å². The molecule has 0 bridgehead atoms. The number of nitrogens with zero attached hydrogens (tertiary/aromatic N) is 2. The van der Waals surface area contributed by atoms with E-state index < -0.39 is 0 Å². The molecular formula is C18H20N2O4. The molecule has 2 aromatic rings. The van der Waals surface area contributed by atoms with Crippen molar-refractivity contribution in [3.8, 4) is 11.3 Å². The van der Waals surface area contributed by atoms with Crippen molar-refractivity contribution in [1.82, 2.24) is 5.01 Å². The van der Waals surface area contributed by atoms with Gasteiger partial charge < -0.3 is 13.9 Å². The highest BCUT2D eigenvalue weighted by molar-refractivity contribution is 5.90. The van der Waals surface area contributed by atoms with E-state index in [1.807, 2.05) is 29.3 Å². The summed E-state index contributed by atoms with van der Waals surface area (Å²) in [5.41, 5.74) is 1.43. The Morgan fingerprint density at radius 1 is 1.21 bits per heavy atom. The molecule has 3 rings (SSSR count). The van der Waals surface area contributed by atoms with Gasteiger partial charge in [0.05, 0.1) is 44.7 Å². The summed E-state index contributed by atoms with van der Waals surface area (Å²) in [6, 6.07) is 10.9. The van der Waals surface area contributed by atoms with Crippen LogP contribution < -0.4 is 0 Å². The minimum absolute atomic E-state index is 0.318. The summed E-state index contributed by atoms with van der Waals surface area (Å²) < 4.78 is 16.0. The molecule has 0 atom stereocenters. The summed E-state index contributed by atoms with van der Waals surface area (Å²) in [6.45, 7) is 5.14. The Morgan fingerprint density at radius 2 is 1.96 bits per heavy atom. The second kappa shape index (κ2) is 7.79. The SMILES string of the molecule is CCOC(=O)c1ccc(-c2ccc(/C=N/N3CCOCC3)o2)cc1. The molecule has 6 nitrogen and oxygen atoms in total. The minimum Gasteiger partial charge on any atom is -0.462 e. The van der Waals surface area contributed by atoms with E-state index in [1.165, 1.54) is 0 Å². The molecule has 126 valence electrons. The fraction of sp³-hybridized carbons (Fsp3) is 0.333. The van der Waals surface area contributed by atoms with E-state index in [9.17, 15) is 4.79 Å². The van der Waals surface area contributed by atoms with Crippen LogP contribution in [-0.4, -0.2) is 50.1 Å². The van der Waals surface area contributed by atoms with Crippen molar-refractivity contribution in [2.24, 2.45) is 5.10 Å². The predicted molar refractivity (Wildman–Crippen MR) is 90.1 cm³/mol. The fourth-order valence-electron chi connectivity index (χ4n) is 2.37. The number of ether oxygens (including phenoxy) is 2. The topological polar surface area (TPSA) is 64.3 Å². The standard InChI is InChI=1S/C18H20N2O4/c1-2-23-18(21)15-5-3-14(4-6-15)17-8-7-16(24-17)13-19-20-9-11-22-12-10-20/h3-8,13H,2,9-12H2,1H3/b19-13+. The van der Waals surface area contributed by atoms with E-state index in [1.54, 1.807) is 25.3 Å². The van der Waals surface area contributed by atoms with Gasteiger partial charge in [0.15, 0.2) is 0 Å².